The molecule has 1 fully saturated rings. The van der Waals surface area contributed by atoms with Crippen LogP contribution in [0.4, 0.5) is 0 Å². The smallest absolute Gasteiger partial charge is 0.217 e. The number of aliphatic hydroxyl groups is 4. The van der Waals surface area contributed by atoms with Crippen molar-refractivity contribution in [2.24, 2.45) is 0 Å². The van der Waals surface area contributed by atoms with Crippen LogP contribution in [0.3, 0.4) is 0 Å². The summed E-state index contributed by atoms with van der Waals surface area (Å²) in [6.07, 6.45) is -5.24. The Morgan fingerprint density at radius 3 is 2.40 bits per heavy atom. The van der Waals surface area contributed by atoms with Gasteiger partial charge in [0.05, 0.1) is 6.61 Å². The first-order chi connectivity index (χ1) is 6.97. The van der Waals surface area contributed by atoms with Crippen molar-refractivity contribution >= 4 is 5.91 Å². The molecule has 1 aliphatic heterocycles. The minimum Gasteiger partial charge on any atom is -0.394 e. The lowest BCUT2D eigenvalue weighted by Crippen LogP contribution is -2.63. The third kappa shape index (κ3) is 2.64. The van der Waals surface area contributed by atoms with Crippen molar-refractivity contribution in [3.8, 4) is 0 Å². The van der Waals surface area contributed by atoms with Crippen LogP contribution < -0.4 is 5.32 Å². The number of carbonyl (C=O) groups excluding carboxylic acids is 1. The first-order valence-corrected chi connectivity index (χ1v) is 4.55. The van der Waals surface area contributed by atoms with E-state index >= 15 is 0 Å². The average Bonchev–Trinajstić information content (AvgIpc) is 2.18. The summed E-state index contributed by atoms with van der Waals surface area (Å²) in [6.45, 7) is 0.687. The van der Waals surface area contributed by atoms with Crippen molar-refractivity contribution in [3.05, 3.63) is 0 Å². The highest BCUT2D eigenvalue weighted by atomic mass is 16.6. The molecule has 1 rings (SSSR count). The minimum atomic E-state index is -1.45. The number of hydrogen-bond donors (Lipinski definition) is 5. The summed E-state index contributed by atoms with van der Waals surface area (Å²) in [7, 11) is 0. The topological polar surface area (TPSA) is 119 Å². The van der Waals surface area contributed by atoms with E-state index in [4.69, 9.17) is 9.84 Å². The highest BCUT2D eigenvalue weighted by Crippen LogP contribution is 2.19. The normalized spacial score (nSPS) is 41.3. The molecule has 5 atom stereocenters. The van der Waals surface area contributed by atoms with Gasteiger partial charge in [0.2, 0.25) is 5.91 Å². The largest absolute Gasteiger partial charge is 0.394 e. The van der Waals surface area contributed by atoms with E-state index in [0.29, 0.717) is 0 Å². The fourth-order valence-electron chi connectivity index (χ4n) is 1.49. The lowest BCUT2D eigenvalue weighted by Gasteiger charge is -2.40. The Balaban J connectivity index is 2.70. The van der Waals surface area contributed by atoms with Gasteiger partial charge >= 0.3 is 0 Å². The Bertz CT molecular complexity index is 235. The molecule has 0 saturated carbocycles. The molecule has 0 bridgehead atoms. The summed E-state index contributed by atoms with van der Waals surface area (Å²) >= 11 is 0. The fourth-order valence-corrected chi connectivity index (χ4v) is 1.49. The predicted octanol–water partition coefficient (Wildman–Crippen LogP) is -3.08. The van der Waals surface area contributed by atoms with E-state index in [1.54, 1.807) is 0 Å². The zero-order chi connectivity index (χ0) is 11.6. The Labute approximate surface area is 86.3 Å². The van der Waals surface area contributed by atoms with Gasteiger partial charge in [0.1, 0.15) is 24.4 Å². The third-order valence-electron chi connectivity index (χ3n) is 2.27. The van der Waals surface area contributed by atoms with Gasteiger partial charge < -0.3 is 30.5 Å². The maximum absolute atomic E-state index is 10.7. The first-order valence-electron chi connectivity index (χ1n) is 4.55. The van der Waals surface area contributed by atoms with Crippen LogP contribution in [0.15, 0.2) is 0 Å². The zero-order valence-corrected chi connectivity index (χ0v) is 8.20. The number of aliphatic hydroxyl groups excluding tert-OH is 4. The summed E-state index contributed by atoms with van der Waals surface area (Å²) in [4.78, 5) is 10.7. The third-order valence-corrected chi connectivity index (χ3v) is 2.27. The molecule has 88 valence electrons. The molecule has 1 amide bonds. The molecule has 1 saturated heterocycles. The molecule has 0 aliphatic carbocycles. The summed E-state index contributed by atoms with van der Waals surface area (Å²) in [5.74, 6) is -0.462. The highest BCUT2D eigenvalue weighted by Gasteiger charge is 2.43. The number of nitrogens with one attached hydrogen (secondary N) is 1. The molecular weight excluding hydrogens is 206 g/mol. The zero-order valence-electron chi connectivity index (χ0n) is 8.20. The molecule has 0 aromatic heterocycles. The molecule has 1 aliphatic rings. The van der Waals surface area contributed by atoms with E-state index in [-0.39, 0.29) is 0 Å². The molecule has 5 N–H and O–H groups in total. The van der Waals surface area contributed by atoms with Gasteiger partial charge in [0.15, 0.2) is 6.29 Å². The summed E-state index contributed by atoms with van der Waals surface area (Å²) in [5.41, 5.74) is 0. The van der Waals surface area contributed by atoms with E-state index in [1.807, 2.05) is 0 Å². The van der Waals surface area contributed by atoms with Crippen molar-refractivity contribution < 1.29 is 30.0 Å². The maximum Gasteiger partial charge on any atom is 0.217 e. The molecule has 0 radical (unpaired) electrons. The van der Waals surface area contributed by atoms with Gasteiger partial charge in [0, 0.05) is 6.92 Å². The van der Waals surface area contributed by atoms with Crippen LogP contribution in [0.2, 0.25) is 0 Å². The molecular formula is C8H15NO6. The van der Waals surface area contributed by atoms with Crippen LogP contribution in [0.5, 0.6) is 0 Å². The molecule has 15 heavy (non-hydrogen) atoms. The average molecular weight is 221 g/mol. The van der Waals surface area contributed by atoms with Crippen LogP contribution in [-0.4, -0.2) is 63.6 Å². The monoisotopic (exact) mass is 221 g/mol. The molecule has 2 unspecified atom stereocenters. The van der Waals surface area contributed by atoms with E-state index < -0.39 is 43.2 Å². The molecule has 0 aromatic rings. The summed E-state index contributed by atoms with van der Waals surface area (Å²) in [6, 6.07) is -1.10. The van der Waals surface area contributed by atoms with Gasteiger partial charge in [-0.15, -0.1) is 0 Å². The second-order valence-electron chi connectivity index (χ2n) is 3.46. The molecule has 7 heteroatoms. The van der Waals surface area contributed by atoms with Gasteiger partial charge in [-0.2, -0.15) is 0 Å². The Hall–Kier alpha value is -0.730. The molecule has 1 heterocycles. The quantitative estimate of drug-likeness (QED) is 0.337. The second-order valence-corrected chi connectivity index (χ2v) is 3.46. The Kier molecular flexibility index (Phi) is 4.00. The van der Waals surface area contributed by atoms with Gasteiger partial charge in [-0.1, -0.05) is 0 Å². The van der Waals surface area contributed by atoms with E-state index in [1.165, 1.54) is 6.92 Å². The maximum atomic E-state index is 10.7. The van der Waals surface area contributed by atoms with Crippen LogP contribution >= 0.6 is 0 Å². The summed E-state index contributed by atoms with van der Waals surface area (Å²) in [5, 5.41) is 39.4. The Morgan fingerprint density at radius 1 is 1.33 bits per heavy atom. The van der Waals surface area contributed by atoms with Crippen molar-refractivity contribution in [3.63, 3.8) is 0 Å². The van der Waals surface area contributed by atoms with Crippen molar-refractivity contribution in [2.45, 2.75) is 37.6 Å². The number of carbonyl (C=O) groups is 1. The number of hydrogen-bond acceptors (Lipinski definition) is 6. The number of ether oxygens (including phenoxy) is 1. The van der Waals surface area contributed by atoms with E-state index in [0.717, 1.165) is 0 Å². The highest BCUT2D eigenvalue weighted by molar-refractivity contribution is 5.73. The van der Waals surface area contributed by atoms with Crippen molar-refractivity contribution in [2.75, 3.05) is 6.61 Å². The van der Waals surface area contributed by atoms with Gasteiger partial charge in [-0.3, -0.25) is 4.79 Å². The second kappa shape index (κ2) is 4.86. The van der Waals surface area contributed by atoms with Crippen LogP contribution in [0.25, 0.3) is 0 Å². The van der Waals surface area contributed by atoms with Gasteiger partial charge in [-0.05, 0) is 0 Å². The predicted molar refractivity (Wildman–Crippen MR) is 47.6 cm³/mol. The number of amides is 1. The fraction of sp³-hybridized carbons (Fsp3) is 0.875. The standard InChI is InChI=1S/C8H15NO6/c1-3(11)9-5-7(13)6(12)4(2-10)15-8(5)14/h4-8,10,12-14H,2H2,1H3,(H,9,11)/t4?,5-,6-,7?,8+/m0/s1. The van der Waals surface area contributed by atoms with E-state index in [2.05, 4.69) is 5.32 Å². The van der Waals surface area contributed by atoms with Gasteiger partial charge in [0.25, 0.3) is 0 Å². The molecule has 0 aromatic carbocycles. The molecule has 0 spiro atoms. The summed E-state index contributed by atoms with van der Waals surface area (Å²) < 4.78 is 4.81. The van der Waals surface area contributed by atoms with E-state index in [9.17, 15) is 20.1 Å². The van der Waals surface area contributed by atoms with Crippen LogP contribution in [-0.2, 0) is 9.53 Å². The Morgan fingerprint density at radius 2 is 1.93 bits per heavy atom. The van der Waals surface area contributed by atoms with Crippen molar-refractivity contribution in [1.82, 2.24) is 5.32 Å². The first kappa shape index (κ1) is 12.3. The van der Waals surface area contributed by atoms with Gasteiger partial charge in [-0.25, -0.2) is 0 Å². The minimum absolute atomic E-state index is 0.462. The van der Waals surface area contributed by atoms with Crippen LogP contribution in [0.1, 0.15) is 6.92 Å². The van der Waals surface area contributed by atoms with Crippen LogP contribution in [0, 0.1) is 0 Å². The SMILES string of the molecule is CC(=O)N[C@H]1C(O)[C@@H](O)C(CO)O[C@H]1O. The lowest BCUT2D eigenvalue weighted by atomic mass is 9.97. The number of rotatable bonds is 2. The lowest BCUT2D eigenvalue weighted by molar-refractivity contribution is -0.253. The van der Waals surface area contributed by atoms with Crippen molar-refractivity contribution in [1.29, 1.82) is 0 Å². The molecule has 7 nitrogen and oxygen atoms in total.